The molecule has 2 heterocycles. The Kier molecular flexibility index (Phi) is 7.72. The molecule has 6 nitrogen and oxygen atoms in total. The first kappa shape index (κ1) is 25.6. The number of aryl methyl sites for hydroxylation is 2. The summed E-state index contributed by atoms with van der Waals surface area (Å²) in [5.74, 6) is 1.22. The highest BCUT2D eigenvalue weighted by atomic mass is 35.5. The quantitative estimate of drug-likeness (QED) is 0.358. The lowest BCUT2D eigenvalue weighted by molar-refractivity contribution is -0.135. The lowest BCUT2D eigenvalue weighted by Crippen LogP contribution is -2.49. The zero-order valence-corrected chi connectivity index (χ0v) is 22.8. The fraction of sp³-hybridized carbons (Fsp3) is 0.379. The summed E-state index contributed by atoms with van der Waals surface area (Å²) in [5.41, 5.74) is 4.02. The van der Waals surface area contributed by atoms with Gasteiger partial charge in [-0.25, -0.2) is 4.79 Å². The van der Waals surface area contributed by atoms with Crippen LogP contribution in [0.4, 0.5) is 10.5 Å². The molecule has 2 aliphatic rings. The molecule has 0 saturated heterocycles. The van der Waals surface area contributed by atoms with Crippen molar-refractivity contribution in [2.24, 2.45) is 5.92 Å². The van der Waals surface area contributed by atoms with E-state index in [-0.39, 0.29) is 24.5 Å². The zero-order valence-electron chi connectivity index (χ0n) is 21.2. The van der Waals surface area contributed by atoms with Crippen molar-refractivity contribution in [3.63, 3.8) is 0 Å². The number of fused-ring (bicyclic) bond motifs is 1. The number of nitrogens with one attached hydrogen (secondary N) is 1. The maximum absolute atomic E-state index is 13.7. The maximum Gasteiger partial charge on any atom is 0.322 e. The number of hydrogen-bond donors (Lipinski definition) is 1. The van der Waals surface area contributed by atoms with E-state index in [9.17, 15) is 9.59 Å². The van der Waals surface area contributed by atoms with E-state index in [1.165, 1.54) is 10.4 Å². The second kappa shape index (κ2) is 11.2. The predicted molar refractivity (Wildman–Crippen MR) is 149 cm³/mol. The number of halogens is 1. The first-order valence-corrected chi connectivity index (χ1v) is 14.0. The Morgan fingerprint density at radius 3 is 2.76 bits per heavy atom. The molecule has 0 spiro atoms. The highest BCUT2D eigenvalue weighted by Gasteiger charge is 2.35. The molecule has 1 unspecified atom stereocenters. The number of hydrogen-bond acceptors (Lipinski definition) is 4. The molecule has 8 heteroatoms. The van der Waals surface area contributed by atoms with Gasteiger partial charge in [-0.15, -0.1) is 11.3 Å². The lowest BCUT2D eigenvalue weighted by Gasteiger charge is -2.37. The van der Waals surface area contributed by atoms with Crippen LogP contribution in [0.1, 0.15) is 40.5 Å². The molecule has 1 N–H and O–H groups in total. The van der Waals surface area contributed by atoms with E-state index < -0.39 is 0 Å². The molecule has 3 aromatic rings. The molecule has 3 amide bonds. The second-order valence-electron chi connectivity index (χ2n) is 10.00. The molecular weight excluding hydrogens is 506 g/mol. The van der Waals surface area contributed by atoms with Crippen LogP contribution in [-0.2, 0) is 11.2 Å². The van der Waals surface area contributed by atoms with Gasteiger partial charge in [-0.2, -0.15) is 0 Å². The Morgan fingerprint density at radius 2 is 2.00 bits per heavy atom. The van der Waals surface area contributed by atoms with Crippen LogP contribution < -0.4 is 10.1 Å². The highest BCUT2D eigenvalue weighted by Crippen LogP contribution is 2.35. The molecular formula is C29H32ClN3O3S. The first-order valence-electron chi connectivity index (χ1n) is 12.7. The van der Waals surface area contributed by atoms with E-state index in [0.717, 1.165) is 36.1 Å². The van der Waals surface area contributed by atoms with Crippen molar-refractivity contribution in [2.45, 2.75) is 39.2 Å². The smallest absolute Gasteiger partial charge is 0.322 e. The third kappa shape index (κ3) is 6.28. The van der Waals surface area contributed by atoms with Crippen LogP contribution in [0.2, 0.25) is 5.02 Å². The van der Waals surface area contributed by atoms with Crippen molar-refractivity contribution in [3.05, 3.63) is 80.5 Å². The summed E-state index contributed by atoms with van der Waals surface area (Å²) in [5, 5.41) is 5.55. The summed E-state index contributed by atoms with van der Waals surface area (Å²) in [7, 11) is 0. The molecule has 0 bridgehead atoms. The minimum Gasteiger partial charge on any atom is -0.491 e. The Hall–Kier alpha value is -3.03. The van der Waals surface area contributed by atoms with Crippen molar-refractivity contribution in [1.29, 1.82) is 0 Å². The zero-order chi connectivity index (χ0) is 25.9. The Balaban J connectivity index is 1.31. The summed E-state index contributed by atoms with van der Waals surface area (Å²) >= 11 is 7.82. The summed E-state index contributed by atoms with van der Waals surface area (Å²) < 4.78 is 6.26. The third-order valence-electron chi connectivity index (χ3n) is 7.01. The molecule has 5 rings (SSSR count). The fourth-order valence-electron chi connectivity index (χ4n) is 4.86. The topological polar surface area (TPSA) is 61.9 Å². The fourth-order valence-corrected chi connectivity index (χ4v) is 5.98. The van der Waals surface area contributed by atoms with Gasteiger partial charge in [0.1, 0.15) is 18.9 Å². The molecule has 1 saturated carbocycles. The Labute approximate surface area is 227 Å². The van der Waals surface area contributed by atoms with Crippen molar-refractivity contribution < 1.29 is 14.3 Å². The van der Waals surface area contributed by atoms with Crippen LogP contribution in [0.25, 0.3) is 0 Å². The minimum absolute atomic E-state index is 0.0302. The number of ether oxygens (including phenoxy) is 1. The van der Waals surface area contributed by atoms with Crippen LogP contribution in [0, 0.1) is 19.8 Å². The number of benzene rings is 2. The largest absolute Gasteiger partial charge is 0.491 e. The normalized spacial score (nSPS) is 16.7. The SMILES string of the molecule is Cc1ccc(OCC2c3ccsc3CCN2C(=O)CN(CC2CC2)C(=O)Nc2cccc(Cl)c2)c(C)c1. The molecule has 0 radical (unpaired) electrons. The van der Waals surface area contributed by atoms with Crippen molar-refractivity contribution >= 4 is 40.6 Å². The summed E-state index contributed by atoms with van der Waals surface area (Å²) in [6, 6.07) is 14.8. The minimum atomic E-state index is -0.279. The standard InChI is InChI=1S/C29H32ClN3O3S/c1-19-6-9-26(20(2)14-19)36-18-25-24-11-13-37-27(24)10-12-33(25)28(34)17-32(16-21-7-8-21)29(35)31-23-5-3-4-22(30)15-23/h3-6,9,11,13-15,21,25H,7-8,10,12,16-18H2,1-2H3,(H,31,35). The van der Waals surface area contributed by atoms with Gasteiger partial charge in [0.05, 0.1) is 6.04 Å². The van der Waals surface area contributed by atoms with Crippen LogP contribution in [-0.4, -0.2) is 48.0 Å². The van der Waals surface area contributed by atoms with E-state index in [2.05, 4.69) is 29.8 Å². The average Bonchev–Trinajstić information content (AvgIpc) is 3.55. The average molecular weight is 538 g/mol. The van der Waals surface area contributed by atoms with Gasteiger partial charge < -0.3 is 19.9 Å². The summed E-state index contributed by atoms with van der Waals surface area (Å²) in [6.45, 7) is 5.68. The van der Waals surface area contributed by atoms with Crippen molar-refractivity contribution in [1.82, 2.24) is 9.80 Å². The van der Waals surface area contributed by atoms with E-state index >= 15 is 0 Å². The molecule has 1 aromatic heterocycles. The van der Waals surface area contributed by atoms with E-state index in [4.69, 9.17) is 16.3 Å². The van der Waals surface area contributed by atoms with Gasteiger partial charge in [-0.1, -0.05) is 35.4 Å². The highest BCUT2D eigenvalue weighted by molar-refractivity contribution is 7.10. The lowest BCUT2D eigenvalue weighted by atomic mass is 10.00. The molecule has 1 aliphatic carbocycles. The van der Waals surface area contributed by atoms with Crippen molar-refractivity contribution in [2.75, 3.05) is 31.6 Å². The van der Waals surface area contributed by atoms with Crippen LogP contribution in [0.5, 0.6) is 5.75 Å². The van der Waals surface area contributed by atoms with Crippen LogP contribution in [0.15, 0.2) is 53.9 Å². The number of urea groups is 1. The number of carbonyl (C=O) groups is 2. The van der Waals surface area contributed by atoms with Gasteiger partial charge in [-0.3, -0.25) is 4.79 Å². The van der Waals surface area contributed by atoms with Gasteiger partial charge in [0, 0.05) is 28.7 Å². The molecule has 1 atom stereocenters. The maximum atomic E-state index is 13.7. The number of carbonyl (C=O) groups excluding carboxylic acids is 2. The first-order chi connectivity index (χ1) is 17.9. The van der Waals surface area contributed by atoms with Gasteiger partial charge in [0.25, 0.3) is 0 Å². The van der Waals surface area contributed by atoms with E-state index in [1.54, 1.807) is 40.5 Å². The molecule has 1 fully saturated rings. The number of nitrogens with zero attached hydrogens (tertiary/aromatic N) is 2. The predicted octanol–water partition coefficient (Wildman–Crippen LogP) is 6.47. The summed E-state index contributed by atoms with van der Waals surface area (Å²) in [6.07, 6.45) is 2.99. The van der Waals surface area contributed by atoms with Gasteiger partial charge >= 0.3 is 6.03 Å². The molecule has 37 heavy (non-hydrogen) atoms. The van der Waals surface area contributed by atoms with Crippen LogP contribution >= 0.6 is 22.9 Å². The monoisotopic (exact) mass is 537 g/mol. The molecule has 2 aromatic carbocycles. The Bertz CT molecular complexity index is 1290. The number of anilines is 1. The van der Waals surface area contributed by atoms with Crippen molar-refractivity contribution in [3.8, 4) is 5.75 Å². The number of amides is 3. The number of thiophene rings is 1. The summed E-state index contributed by atoms with van der Waals surface area (Å²) in [4.78, 5) is 31.8. The third-order valence-corrected chi connectivity index (χ3v) is 8.24. The van der Waals surface area contributed by atoms with Gasteiger partial charge in [0.2, 0.25) is 5.91 Å². The van der Waals surface area contributed by atoms with Gasteiger partial charge in [-0.05, 0) is 85.9 Å². The van der Waals surface area contributed by atoms with E-state index in [1.807, 2.05) is 24.0 Å². The Morgan fingerprint density at radius 1 is 1.16 bits per heavy atom. The molecule has 194 valence electrons. The second-order valence-corrected chi connectivity index (χ2v) is 11.4. The number of rotatable bonds is 8. The van der Waals surface area contributed by atoms with Gasteiger partial charge in [0.15, 0.2) is 0 Å². The van der Waals surface area contributed by atoms with Crippen LogP contribution in [0.3, 0.4) is 0 Å². The molecule has 1 aliphatic heterocycles. The van der Waals surface area contributed by atoms with E-state index in [0.29, 0.717) is 36.3 Å².